The number of aliphatic hydroxyl groups excluding tert-OH is 2. The van der Waals surface area contributed by atoms with E-state index in [-0.39, 0.29) is 62.0 Å². The predicted octanol–water partition coefficient (Wildman–Crippen LogP) is 7.51. The Morgan fingerprint density at radius 3 is 2.41 bits per heavy atom. The van der Waals surface area contributed by atoms with Gasteiger partial charge < -0.3 is 44.9 Å². The highest BCUT2D eigenvalue weighted by Crippen LogP contribution is 2.53. The molecular formula is C60H64F2N12O7. The second-order valence-corrected chi connectivity index (χ2v) is 22.2. The molecule has 81 heavy (non-hydrogen) atoms. The lowest BCUT2D eigenvalue weighted by Gasteiger charge is -2.30. The van der Waals surface area contributed by atoms with E-state index in [4.69, 9.17) is 24.2 Å². The Morgan fingerprint density at radius 1 is 0.914 bits per heavy atom. The van der Waals surface area contributed by atoms with Crippen LogP contribution < -0.4 is 25.0 Å². The first-order valence-corrected chi connectivity index (χ1v) is 27.6. The summed E-state index contributed by atoms with van der Waals surface area (Å²) in [5.41, 5.74) is 7.64. The zero-order valence-electron chi connectivity index (χ0n) is 45.6. The number of hydrogen-bond acceptors (Lipinski definition) is 15. The zero-order chi connectivity index (χ0) is 56.2. The highest BCUT2D eigenvalue weighted by molar-refractivity contribution is 6.06. The molecule has 8 aromatic rings. The number of aromatic amines is 1. The Bertz CT molecular complexity index is 3650. The van der Waals surface area contributed by atoms with E-state index in [1.165, 1.54) is 21.8 Å². The highest BCUT2D eigenvalue weighted by Gasteiger charge is 2.44. The Hall–Kier alpha value is -7.98. The number of benzene rings is 4. The molecule has 0 spiro atoms. The second kappa shape index (κ2) is 22.2. The van der Waals surface area contributed by atoms with Gasteiger partial charge in [0.05, 0.1) is 49.0 Å². The molecular weight excluding hydrogens is 1040 g/mol. The highest BCUT2D eigenvalue weighted by atomic mass is 19.1. The standard InChI is InChI=1S/C60H64F2N12O7/c1-31(2)55(59(78)73-26-41(76)19-51(73)58(77)66-50(28-75)38-14-12-35(13-15-38)42-16-17-63-24-47(42)62)74-27-49(70-71-74)37-8-6-34(7-9-37)30-80-56-53(52-33(4)46(61)21-48-45(52)23-65-69-48)43(36-10-11-36)20-44-54(56)67-60(81-29-32(3)79-5)68-57(44)72-25-39-18-40(72)22-64-39/h6-9,12-17,20-21,23-24,27,31-32,36,39-41,50-51,55,64,75-76H,10-11,18-19,22,25-26,28-30H2,1-5H3,(H,65,69)(H,66,77)/t32-,39-,40-,41+,50-,51-,55-/m0/s1. The van der Waals surface area contributed by atoms with Gasteiger partial charge in [0.2, 0.25) is 11.8 Å². The van der Waals surface area contributed by atoms with Crippen LogP contribution in [0.15, 0.2) is 91.5 Å². The number of carbonyl (C=O) groups excluding carboxylic acids is 2. The molecule has 4 fully saturated rings. The third-order valence-corrected chi connectivity index (χ3v) is 16.4. The summed E-state index contributed by atoms with van der Waals surface area (Å²) >= 11 is 0. The monoisotopic (exact) mass is 1100 g/mol. The first-order chi connectivity index (χ1) is 39.2. The molecule has 19 nitrogen and oxygen atoms in total. The van der Waals surface area contributed by atoms with Gasteiger partial charge in [-0.25, -0.2) is 13.5 Å². The Balaban J connectivity index is 0.820. The fourth-order valence-corrected chi connectivity index (χ4v) is 11.8. The number of aliphatic hydroxyl groups is 2. The van der Waals surface area contributed by atoms with Gasteiger partial charge in [-0.15, -0.1) is 5.10 Å². The number of hydrogen-bond donors (Lipinski definition) is 5. The van der Waals surface area contributed by atoms with E-state index < -0.39 is 48.5 Å². The Morgan fingerprint density at radius 2 is 1.70 bits per heavy atom. The van der Waals surface area contributed by atoms with Gasteiger partial charge in [-0.1, -0.05) is 67.6 Å². The molecule has 3 aliphatic heterocycles. The van der Waals surface area contributed by atoms with Crippen LogP contribution in [-0.4, -0.2) is 137 Å². The lowest BCUT2D eigenvalue weighted by molar-refractivity contribution is -0.142. The number of fused-ring (bicyclic) bond motifs is 4. The average molecular weight is 1100 g/mol. The van der Waals surface area contributed by atoms with Crippen LogP contribution in [0.3, 0.4) is 0 Å². The summed E-state index contributed by atoms with van der Waals surface area (Å²) in [6.07, 6.45) is 7.80. The van der Waals surface area contributed by atoms with Crippen LogP contribution in [0.5, 0.6) is 11.8 Å². The molecule has 7 atom stereocenters. The molecule has 3 saturated heterocycles. The Labute approximate surface area is 466 Å². The van der Waals surface area contributed by atoms with Gasteiger partial charge in [0.25, 0.3) is 0 Å². The number of anilines is 1. The quantitative estimate of drug-likeness (QED) is 0.0528. The number of methoxy groups -OCH3 is 1. The largest absolute Gasteiger partial charge is 0.486 e. The molecule has 0 radical (unpaired) electrons. The van der Waals surface area contributed by atoms with Crippen LogP contribution in [0.25, 0.3) is 55.3 Å². The number of ether oxygens (including phenoxy) is 3. The van der Waals surface area contributed by atoms with Crippen LogP contribution in [0.1, 0.15) is 86.7 Å². The van der Waals surface area contributed by atoms with E-state index in [2.05, 4.69) is 47.1 Å². The minimum atomic E-state index is -1.03. The molecule has 4 aliphatic rings. The van der Waals surface area contributed by atoms with Crippen molar-refractivity contribution in [1.29, 1.82) is 0 Å². The lowest BCUT2D eigenvalue weighted by Crippen LogP contribution is -2.50. The molecule has 2 amide bonds. The summed E-state index contributed by atoms with van der Waals surface area (Å²) in [4.78, 5) is 46.4. The minimum absolute atomic E-state index is 0.00255. The van der Waals surface area contributed by atoms with Crippen molar-refractivity contribution in [2.75, 3.05) is 44.9 Å². The Kier molecular flexibility index (Phi) is 14.7. The number of pyridine rings is 1. The van der Waals surface area contributed by atoms with Crippen LogP contribution >= 0.6 is 0 Å². The van der Waals surface area contributed by atoms with Crippen molar-refractivity contribution < 1.29 is 42.8 Å². The van der Waals surface area contributed by atoms with Crippen LogP contribution in [0.2, 0.25) is 0 Å². The van der Waals surface area contributed by atoms with E-state index in [1.54, 1.807) is 56.8 Å². The molecule has 7 heterocycles. The maximum absolute atomic E-state index is 16.1. The van der Waals surface area contributed by atoms with Crippen LogP contribution in [-0.2, 0) is 20.9 Å². The first-order valence-electron chi connectivity index (χ1n) is 27.6. The third kappa shape index (κ3) is 10.4. The number of nitrogens with one attached hydrogen (secondary N) is 3. The number of β-amino-alcohol motifs (C(OH)–C–C–N with tert-alkyl or cyclic N) is 1. The molecule has 2 bridgehead atoms. The number of nitrogens with zero attached hydrogens (tertiary/aromatic N) is 9. The van der Waals surface area contributed by atoms with Gasteiger partial charge in [0.1, 0.15) is 54.0 Å². The summed E-state index contributed by atoms with van der Waals surface area (Å²) in [6, 6.07) is 17.7. The van der Waals surface area contributed by atoms with Crippen molar-refractivity contribution in [1.82, 2.24) is 55.7 Å². The maximum atomic E-state index is 16.1. The van der Waals surface area contributed by atoms with Crippen LogP contribution in [0.4, 0.5) is 14.6 Å². The number of likely N-dealkylation sites (tertiary alicyclic amines) is 1. The molecule has 4 aromatic heterocycles. The molecule has 0 unspecified atom stereocenters. The molecule has 12 rings (SSSR count). The van der Waals surface area contributed by atoms with Crippen LogP contribution in [0, 0.1) is 24.5 Å². The number of piperazine rings is 1. The fourth-order valence-electron chi connectivity index (χ4n) is 11.8. The van der Waals surface area contributed by atoms with Gasteiger partial charge in [0, 0.05) is 84.5 Å². The zero-order valence-corrected chi connectivity index (χ0v) is 45.6. The van der Waals surface area contributed by atoms with Gasteiger partial charge in [0.15, 0.2) is 5.75 Å². The number of carbonyl (C=O) groups is 2. The van der Waals surface area contributed by atoms with Gasteiger partial charge >= 0.3 is 6.01 Å². The maximum Gasteiger partial charge on any atom is 0.319 e. The average Bonchev–Trinajstić information content (AvgIpc) is 4.07. The van der Waals surface area contributed by atoms with Crippen molar-refractivity contribution in [3.63, 3.8) is 0 Å². The van der Waals surface area contributed by atoms with E-state index in [1.807, 2.05) is 45.0 Å². The van der Waals surface area contributed by atoms with Crippen molar-refractivity contribution in [2.45, 2.75) is 108 Å². The van der Waals surface area contributed by atoms with Crippen molar-refractivity contribution >= 4 is 39.4 Å². The van der Waals surface area contributed by atoms with Crippen molar-refractivity contribution in [3.8, 4) is 45.3 Å². The molecule has 21 heteroatoms. The summed E-state index contributed by atoms with van der Waals surface area (Å²) < 4.78 is 51.0. The van der Waals surface area contributed by atoms with Crippen molar-refractivity contribution in [3.05, 3.63) is 125 Å². The summed E-state index contributed by atoms with van der Waals surface area (Å²) in [6.45, 7) is 8.88. The number of amides is 2. The van der Waals surface area contributed by atoms with E-state index in [0.29, 0.717) is 56.3 Å². The fraction of sp³-hybridized carbons (Fsp3) is 0.400. The summed E-state index contributed by atoms with van der Waals surface area (Å²) in [7, 11) is 1.63. The number of rotatable bonds is 19. The lowest BCUT2D eigenvalue weighted by atomic mass is 9.88. The van der Waals surface area contributed by atoms with E-state index >= 15 is 4.39 Å². The van der Waals surface area contributed by atoms with Crippen molar-refractivity contribution in [2.24, 2.45) is 5.92 Å². The molecule has 1 saturated carbocycles. The molecule has 420 valence electrons. The number of halogens is 2. The number of H-pyrrole nitrogens is 1. The summed E-state index contributed by atoms with van der Waals surface area (Å²) in [5.74, 6) is -0.645. The van der Waals surface area contributed by atoms with E-state index in [0.717, 1.165) is 77.4 Å². The molecule has 5 N–H and O–H groups in total. The SMILES string of the molecule is CO[C@@H](C)COc1nc(N2C[C@@H]3C[C@H]2CN3)c2cc(C3CC3)c(-c3c(C)c(F)cc4[nH]ncc34)c(OCc3ccc(-c4cn([C@H](C(=O)N5C[C@H](O)C[C@H]5C(=O)N[C@@H](CO)c5ccc(-c6ccncc6F)cc5)C(C)C)nn4)cc3)c2n1. The van der Waals surface area contributed by atoms with Gasteiger partial charge in [-0.2, -0.15) is 15.1 Å². The topological polar surface area (TPSA) is 231 Å². The number of aromatic nitrogens is 8. The smallest absolute Gasteiger partial charge is 0.319 e. The predicted molar refractivity (Wildman–Crippen MR) is 298 cm³/mol. The van der Waals surface area contributed by atoms with E-state index in [9.17, 15) is 24.2 Å². The molecule has 1 aliphatic carbocycles. The summed E-state index contributed by atoms with van der Waals surface area (Å²) in [5, 5.41) is 45.6. The molecule has 4 aromatic carbocycles. The van der Waals surface area contributed by atoms with Gasteiger partial charge in [-0.05, 0) is 91.0 Å². The third-order valence-electron chi connectivity index (χ3n) is 16.4. The normalized spacial score (nSPS) is 19.9. The first kappa shape index (κ1) is 53.7. The minimum Gasteiger partial charge on any atom is -0.486 e. The second-order valence-electron chi connectivity index (χ2n) is 22.2. The van der Waals surface area contributed by atoms with Gasteiger partial charge in [-0.3, -0.25) is 19.7 Å².